The maximum absolute atomic E-state index is 11.1. The van der Waals surface area contributed by atoms with E-state index in [9.17, 15) is 5.11 Å². The Kier molecular flexibility index (Phi) is 5.00. The van der Waals surface area contributed by atoms with E-state index in [-0.39, 0.29) is 5.92 Å². The third-order valence-corrected chi connectivity index (χ3v) is 6.06. The number of hydrogen-bond acceptors (Lipinski definition) is 4. The predicted octanol–water partition coefficient (Wildman–Crippen LogP) is 5.71. The number of nitrogens with zero attached hydrogens (tertiary/aromatic N) is 1. The highest BCUT2D eigenvalue weighted by Gasteiger charge is 2.36. The van der Waals surface area contributed by atoms with Gasteiger partial charge in [0.1, 0.15) is 11.9 Å². The van der Waals surface area contributed by atoms with Crippen LogP contribution in [0.4, 0.5) is 0 Å². The van der Waals surface area contributed by atoms with E-state index in [1.807, 2.05) is 42.5 Å². The summed E-state index contributed by atoms with van der Waals surface area (Å²) in [4.78, 5) is 5.18. The SMILES string of the molecule is OC(C1=C(c2ccccc2Cl)OCC1c1ccc(Cl)s1)c1cccnc1. The zero-order chi connectivity index (χ0) is 18.1. The van der Waals surface area contributed by atoms with Crippen LogP contribution in [0.25, 0.3) is 5.76 Å². The maximum Gasteiger partial charge on any atom is 0.130 e. The second-order valence-corrected chi connectivity index (χ2v) is 8.11. The molecule has 0 saturated heterocycles. The molecule has 0 bridgehead atoms. The molecule has 4 rings (SSSR count). The average molecular weight is 404 g/mol. The van der Waals surface area contributed by atoms with E-state index in [0.29, 0.717) is 27.3 Å². The standard InChI is InChI=1S/C20H15Cl2NO2S/c21-15-6-2-1-5-13(15)20-18(19(24)12-4-3-9-23-10-12)14(11-25-20)16-7-8-17(22)26-16/h1-10,14,19,24H,11H2. The van der Waals surface area contributed by atoms with Crippen molar-refractivity contribution < 1.29 is 9.84 Å². The van der Waals surface area contributed by atoms with Crippen LogP contribution >= 0.6 is 34.5 Å². The molecule has 1 aliphatic rings. The van der Waals surface area contributed by atoms with Crippen LogP contribution in [0, 0.1) is 0 Å². The van der Waals surface area contributed by atoms with Crippen LogP contribution in [0.1, 0.15) is 28.0 Å². The summed E-state index contributed by atoms with van der Waals surface area (Å²) in [6, 6.07) is 15.0. The van der Waals surface area contributed by atoms with E-state index >= 15 is 0 Å². The molecular weight excluding hydrogens is 389 g/mol. The topological polar surface area (TPSA) is 42.4 Å². The number of hydrogen-bond donors (Lipinski definition) is 1. The summed E-state index contributed by atoms with van der Waals surface area (Å²) in [7, 11) is 0. The van der Waals surface area contributed by atoms with Gasteiger partial charge in [-0.3, -0.25) is 4.98 Å². The summed E-state index contributed by atoms with van der Waals surface area (Å²) in [5.41, 5.74) is 2.27. The van der Waals surface area contributed by atoms with E-state index in [4.69, 9.17) is 27.9 Å². The molecule has 1 N–H and O–H groups in total. The van der Waals surface area contributed by atoms with Crippen molar-refractivity contribution in [3.8, 4) is 0 Å². The fourth-order valence-electron chi connectivity index (χ4n) is 3.16. The van der Waals surface area contributed by atoms with Crippen LogP contribution < -0.4 is 0 Å². The van der Waals surface area contributed by atoms with E-state index < -0.39 is 6.10 Å². The van der Waals surface area contributed by atoms with Crippen molar-refractivity contribution >= 4 is 40.3 Å². The van der Waals surface area contributed by atoms with Gasteiger partial charge in [-0.2, -0.15) is 0 Å². The first kappa shape index (κ1) is 17.6. The maximum atomic E-state index is 11.1. The lowest BCUT2D eigenvalue weighted by molar-refractivity contribution is 0.209. The van der Waals surface area contributed by atoms with Gasteiger partial charge in [-0.15, -0.1) is 11.3 Å². The minimum Gasteiger partial charge on any atom is -0.492 e. The van der Waals surface area contributed by atoms with Crippen molar-refractivity contribution in [3.63, 3.8) is 0 Å². The molecule has 0 spiro atoms. The molecule has 132 valence electrons. The first-order valence-corrected chi connectivity index (χ1v) is 9.67. The number of thiophene rings is 1. The molecule has 1 aromatic carbocycles. The predicted molar refractivity (Wildman–Crippen MR) is 106 cm³/mol. The van der Waals surface area contributed by atoms with Crippen LogP contribution in [0.5, 0.6) is 0 Å². The summed E-state index contributed by atoms with van der Waals surface area (Å²) in [5.74, 6) is 0.537. The first-order chi connectivity index (χ1) is 12.6. The number of halogens is 2. The summed E-state index contributed by atoms with van der Waals surface area (Å²) in [6.45, 7) is 0.435. The highest BCUT2D eigenvalue weighted by Crippen LogP contribution is 2.47. The van der Waals surface area contributed by atoms with Crippen LogP contribution in [0.2, 0.25) is 9.36 Å². The zero-order valence-electron chi connectivity index (χ0n) is 13.6. The van der Waals surface area contributed by atoms with Gasteiger partial charge in [-0.1, -0.05) is 41.4 Å². The molecule has 26 heavy (non-hydrogen) atoms. The van der Waals surface area contributed by atoms with Gasteiger partial charge < -0.3 is 9.84 Å². The van der Waals surface area contributed by atoms with Gasteiger partial charge in [0.25, 0.3) is 0 Å². The largest absolute Gasteiger partial charge is 0.492 e. The summed E-state index contributed by atoms with van der Waals surface area (Å²) in [5, 5.41) is 11.7. The molecule has 0 amide bonds. The second kappa shape index (κ2) is 7.41. The van der Waals surface area contributed by atoms with Crippen LogP contribution in [0.15, 0.2) is 66.5 Å². The molecule has 0 aliphatic carbocycles. The lowest BCUT2D eigenvalue weighted by Crippen LogP contribution is -2.09. The van der Waals surface area contributed by atoms with Gasteiger partial charge >= 0.3 is 0 Å². The molecule has 3 heterocycles. The molecule has 2 aromatic heterocycles. The van der Waals surface area contributed by atoms with E-state index in [0.717, 1.165) is 16.0 Å². The fourth-order valence-corrected chi connectivity index (χ4v) is 4.55. The molecule has 0 radical (unpaired) electrons. The Morgan fingerprint density at radius 1 is 1.12 bits per heavy atom. The van der Waals surface area contributed by atoms with Gasteiger partial charge in [0, 0.05) is 34.0 Å². The van der Waals surface area contributed by atoms with E-state index in [2.05, 4.69) is 4.98 Å². The molecule has 2 atom stereocenters. The Balaban J connectivity index is 1.86. The molecule has 3 aromatic rings. The average Bonchev–Trinajstić information content (AvgIpc) is 3.28. The number of pyridine rings is 1. The van der Waals surface area contributed by atoms with E-state index in [1.54, 1.807) is 18.5 Å². The van der Waals surface area contributed by atoms with Crippen LogP contribution in [-0.2, 0) is 4.74 Å². The molecule has 6 heteroatoms. The van der Waals surface area contributed by atoms with Crippen molar-refractivity contribution in [2.24, 2.45) is 0 Å². The highest BCUT2D eigenvalue weighted by atomic mass is 35.5. The lowest BCUT2D eigenvalue weighted by atomic mass is 9.89. The molecule has 0 fully saturated rings. The Morgan fingerprint density at radius 3 is 2.65 bits per heavy atom. The third kappa shape index (κ3) is 3.26. The van der Waals surface area contributed by atoms with Crippen molar-refractivity contribution in [1.82, 2.24) is 4.98 Å². The van der Waals surface area contributed by atoms with E-state index in [1.165, 1.54) is 11.3 Å². The molecule has 1 aliphatic heterocycles. The number of aromatic nitrogens is 1. The van der Waals surface area contributed by atoms with Crippen molar-refractivity contribution in [2.45, 2.75) is 12.0 Å². The number of rotatable bonds is 4. The monoisotopic (exact) mass is 403 g/mol. The van der Waals surface area contributed by atoms with Gasteiger partial charge in [0.15, 0.2) is 0 Å². The quantitative estimate of drug-likeness (QED) is 0.606. The van der Waals surface area contributed by atoms with Crippen molar-refractivity contribution in [3.05, 3.63) is 91.9 Å². The molecular formula is C20H15Cl2NO2S. The lowest BCUT2D eigenvalue weighted by Gasteiger charge is -2.18. The van der Waals surface area contributed by atoms with Gasteiger partial charge in [0.2, 0.25) is 0 Å². The highest BCUT2D eigenvalue weighted by molar-refractivity contribution is 7.16. The Bertz CT molecular complexity index is 955. The normalized spacial score (nSPS) is 18.0. The summed E-state index contributed by atoms with van der Waals surface area (Å²) >= 11 is 14.0. The Labute approximate surface area is 165 Å². The first-order valence-electron chi connectivity index (χ1n) is 8.10. The number of benzene rings is 1. The van der Waals surface area contributed by atoms with Crippen molar-refractivity contribution in [2.75, 3.05) is 6.61 Å². The molecule has 0 saturated carbocycles. The second-order valence-electron chi connectivity index (χ2n) is 5.96. The summed E-state index contributed by atoms with van der Waals surface area (Å²) < 4.78 is 6.74. The molecule has 3 nitrogen and oxygen atoms in total. The number of aliphatic hydroxyl groups excluding tert-OH is 1. The fraction of sp³-hybridized carbons (Fsp3) is 0.150. The van der Waals surface area contributed by atoms with Gasteiger partial charge in [0.05, 0.1) is 21.9 Å². The minimum atomic E-state index is -0.844. The number of aliphatic hydroxyl groups is 1. The third-order valence-electron chi connectivity index (χ3n) is 4.38. The molecule has 2 unspecified atom stereocenters. The smallest absolute Gasteiger partial charge is 0.130 e. The number of ether oxygens (including phenoxy) is 1. The van der Waals surface area contributed by atoms with Crippen molar-refractivity contribution in [1.29, 1.82) is 0 Å². The van der Waals surface area contributed by atoms with Crippen LogP contribution in [0.3, 0.4) is 0 Å². The van der Waals surface area contributed by atoms with Gasteiger partial charge in [-0.25, -0.2) is 0 Å². The zero-order valence-corrected chi connectivity index (χ0v) is 15.9. The minimum absolute atomic E-state index is 0.0889. The van der Waals surface area contributed by atoms with Crippen LogP contribution in [-0.4, -0.2) is 16.7 Å². The Morgan fingerprint density at radius 2 is 1.96 bits per heavy atom. The Hall–Kier alpha value is -1.85. The summed E-state index contributed by atoms with van der Waals surface area (Å²) in [6.07, 6.45) is 2.50. The van der Waals surface area contributed by atoms with Gasteiger partial charge in [-0.05, 0) is 30.3 Å².